The molecule has 0 aromatic rings. The third-order valence-electron chi connectivity index (χ3n) is 3.87. The Labute approximate surface area is 128 Å². The molecule has 0 unspecified atom stereocenters. The quantitative estimate of drug-likeness (QED) is 0.795. The van der Waals surface area contributed by atoms with Crippen LogP contribution in [0.2, 0.25) is 0 Å². The van der Waals surface area contributed by atoms with Gasteiger partial charge in [0.05, 0.1) is 0 Å². The molecule has 6 heteroatoms. The van der Waals surface area contributed by atoms with Gasteiger partial charge < -0.3 is 20.0 Å². The van der Waals surface area contributed by atoms with Gasteiger partial charge in [-0.3, -0.25) is 4.79 Å². The number of hydrogen-bond donors (Lipinski definition) is 1. The van der Waals surface area contributed by atoms with Crippen LogP contribution in [0.15, 0.2) is 0 Å². The molecule has 0 bridgehead atoms. The molecule has 0 aromatic heterocycles. The smallest absolute Gasteiger partial charge is 0.317 e. The lowest BCUT2D eigenvalue weighted by Gasteiger charge is -2.35. The van der Waals surface area contributed by atoms with Crippen LogP contribution in [-0.4, -0.2) is 78.5 Å². The zero-order valence-electron chi connectivity index (χ0n) is 13.9. The van der Waals surface area contributed by atoms with Gasteiger partial charge in [0, 0.05) is 45.2 Å². The third-order valence-corrected chi connectivity index (χ3v) is 3.87. The van der Waals surface area contributed by atoms with Crippen molar-refractivity contribution in [3.8, 4) is 0 Å². The second-order valence-electron chi connectivity index (χ2n) is 5.75. The number of amides is 3. The van der Waals surface area contributed by atoms with Crippen molar-refractivity contribution >= 4 is 11.9 Å². The van der Waals surface area contributed by atoms with Crippen LogP contribution in [-0.2, 0) is 4.79 Å². The predicted molar refractivity (Wildman–Crippen MR) is 84.2 cm³/mol. The summed E-state index contributed by atoms with van der Waals surface area (Å²) in [4.78, 5) is 30.0. The lowest BCUT2D eigenvalue weighted by Crippen LogP contribution is -2.54. The third kappa shape index (κ3) is 5.91. The second kappa shape index (κ2) is 8.87. The largest absolute Gasteiger partial charge is 0.339 e. The summed E-state index contributed by atoms with van der Waals surface area (Å²) in [6.45, 7) is 13.4. The summed E-state index contributed by atoms with van der Waals surface area (Å²) in [6, 6.07) is 0.117. The summed E-state index contributed by atoms with van der Waals surface area (Å²) in [6.07, 6.45) is 0.569. The van der Waals surface area contributed by atoms with E-state index in [4.69, 9.17) is 0 Å². The van der Waals surface area contributed by atoms with Gasteiger partial charge in [0.25, 0.3) is 0 Å². The van der Waals surface area contributed by atoms with Crippen LogP contribution in [0, 0.1) is 0 Å². The number of urea groups is 1. The molecule has 0 saturated carbocycles. The highest BCUT2D eigenvalue weighted by Crippen LogP contribution is 2.05. The SMILES string of the molecule is CCN(CC)CCC(=O)N1CCN(C(=O)NC(C)C)CC1. The fourth-order valence-electron chi connectivity index (χ4n) is 2.45. The van der Waals surface area contributed by atoms with Crippen molar-refractivity contribution in [1.82, 2.24) is 20.0 Å². The van der Waals surface area contributed by atoms with Gasteiger partial charge in [-0.1, -0.05) is 13.8 Å². The van der Waals surface area contributed by atoms with Crippen LogP contribution in [0.1, 0.15) is 34.1 Å². The number of carbonyl (C=O) groups excluding carboxylic acids is 2. The van der Waals surface area contributed by atoms with Gasteiger partial charge in [-0.15, -0.1) is 0 Å². The zero-order valence-corrected chi connectivity index (χ0v) is 13.9. The highest BCUT2D eigenvalue weighted by molar-refractivity contribution is 5.78. The maximum absolute atomic E-state index is 12.2. The number of nitrogens with one attached hydrogen (secondary N) is 1. The molecular weight excluding hydrogens is 268 g/mol. The maximum Gasteiger partial charge on any atom is 0.317 e. The van der Waals surface area contributed by atoms with E-state index in [1.165, 1.54) is 0 Å². The van der Waals surface area contributed by atoms with Gasteiger partial charge in [-0.2, -0.15) is 0 Å². The molecule has 3 amide bonds. The first kappa shape index (κ1) is 17.8. The van der Waals surface area contributed by atoms with Gasteiger partial charge in [-0.05, 0) is 26.9 Å². The molecule has 1 saturated heterocycles. The fourth-order valence-corrected chi connectivity index (χ4v) is 2.45. The Morgan fingerprint density at radius 3 is 2.05 bits per heavy atom. The number of rotatable bonds is 6. The molecule has 122 valence electrons. The minimum absolute atomic E-state index is 0.0276. The summed E-state index contributed by atoms with van der Waals surface area (Å²) < 4.78 is 0. The van der Waals surface area contributed by atoms with E-state index < -0.39 is 0 Å². The molecule has 1 fully saturated rings. The number of hydrogen-bond acceptors (Lipinski definition) is 3. The summed E-state index contributed by atoms with van der Waals surface area (Å²) in [5, 5.41) is 2.89. The normalized spacial score (nSPS) is 15.7. The summed E-state index contributed by atoms with van der Waals surface area (Å²) in [5.41, 5.74) is 0. The van der Waals surface area contributed by atoms with Gasteiger partial charge >= 0.3 is 6.03 Å². The average Bonchev–Trinajstić information content (AvgIpc) is 2.47. The first-order chi connectivity index (χ1) is 9.97. The topological polar surface area (TPSA) is 55.9 Å². The molecule has 0 radical (unpaired) electrons. The van der Waals surface area contributed by atoms with E-state index in [0.29, 0.717) is 32.6 Å². The molecule has 1 rings (SSSR count). The first-order valence-electron chi connectivity index (χ1n) is 8.03. The number of carbonyl (C=O) groups is 2. The molecule has 1 aliphatic rings. The molecule has 0 spiro atoms. The summed E-state index contributed by atoms with van der Waals surface area (Å²) in [7, 11) is 0. The molecular formula is C15H30N4O2. The van der Waals surface area contributed by atoms with Crippen molar-refractivity contribution in [1.29, 1.82) is 0 Å². The number of nitrogens with zero attached hydrogens (tertiary/aromatic N) is 3. The molecule has 1 N–H and O–H groups in total. The van der Waals surface area contributed by atoms with Crippen LogP contribution in [0.25, 0.3) is 0 Å². The Bertz CT molecular complexity index is 335. The molecule has 6 nitrogen and oxygen atoms in total. The highest BCUT2D eigenvalue weighted by Gasteiger charge is 2.24. The van der Waals surface area contributed by atoms with Crippen LogP contribution >= 0.6 is 0 Å². The average molecular weight is 298 g/mol. The predicted octanol–water partition coefficient (Wildman–Crippen LogP) is 0.981. The van der Waals surface area contributed by atoms with E-state index in [-0.39, 0.29) is 18.0 Å². The first-order valence-corrected chi connectivity index (χ1v) is 8.03. The Morgan fingerprint density at radius 1 is 1.05 bits per heavy atom. The second-order valence-corrected chi connectivity index (χ2v) is 5.75. The summed E-state index contributed by atoms with van der Waals surface area (Å²) >= 11 is 0. The van der Waals surface area contributed by atoms with Crippen molar-refractivity contribution in [2.75, 3.05) is 45.8 Å². The monoisotopic (exact) mass is 298 g/mol. The van der Waals surface area contributed by atoms with E-state index in [1.54, 1.807) is 4.90 Å². The Hall–Kier alpha value is -1.30. The van der Waals surface area contributed by atoms with Crippen LogP contribution in [0.3, 0.4) is 0 Å². The fraction of sp³-hybridized carbons (Fsp3) is 0.867. The Morgan fingerprint density at radius 2 is 1.57 bits per heavy atom. The standard InChI is InChI=1S/C15H30N4O2/c1-5-17(6-2)8-7-14(20)18-9-11-19(12-10-18)15(21)16-13(3)4/h13H,5-12H2,1-4H3,(H,16,21). The van der Waals surface area contributed by atoms with Gasteiger partial charge in [0.1, 0.15) is 0 Å². The van der Waals surface area contributed by atoms with E-state index >= 15 is 0 Å². The minimum atomic E-state index is -0.0276. The molecule has 1 aliphatic heterocycles. The molecule has 0 aliphatic carbocycles. The van der Waals surface area contributed by atoms with Crippen molar-refractivity contribution in [3.63, 3.8) is 0 Å². The highest BCUT2D eigenvalue weighted by atomic mass is 16.2. The van der Waals surface area contributed by atoms with E-state index in [0.717, 1.165) is 19.6 Å². The lowest BCUT2D eigenvalue weighted by molar-refractivity contribution is -0.132. The molecule has 21 heavy (non-hydrogen) atoms. The van der Waals surface area contributed by atoms with Gasteiger partial charge in [-0.25, -0.2) is 4.79 Å². The van der Waals surface area contributed by atoms with E-state index in [2.05, 4.69) is 24.1 Å². The Balaban J connectivity index is 2.32. The molecule has 0 aromatic carbocycles. The van der Waals surface area contributed by atoms with Crippen LogP contribution in [0.4, 0.5) is 4.79 Å². The minimum Gasteiger partial charge on any atom is -0.339 e. The van der Waals surface area contributed by atoms with Crippen molar-refractivity contribution < 1.29 is 9.59 Å². The van der Waals surface area contributed by atoms with Crippen molar-refractivity contribution in [3.05, 3.63) is 0 Å². The lowest BCUT2D eigenvalue weighted by atomic mass is 10.2. The molecule has 0 atom stereocenters. The molecule has 1 heterocycles. The summed E-state index contributed by atoms with van der Waals surface area (Å²) in [5.74, 6) is 0.200. The maximum atomic E-state index is 12.2. The van der Waals surface area contributed by atoms with Gasteiger partial charge in [0.2, 0.25) is 5.91 Å². The Kier molecular flexibility index (Phi) is 7.50. The van der Waals surface area contributed by atoms with E-state index in [9.17, 15) is 9.59 Å². The number of piperazine rings is 1. The zero-order chi connectivity index (χ0) is 15.8. The van der Waals surface area contributed by atoms with Crippen molar-refractivity contribution in [2.45, 2.75) is 40.2 Å². The van der Waals surface area contributed by atoms with Crippen LogP contribution in [0.5, 0.6) is 0 Å². The van der Waals surface area contributed by atoms with E-state index in [1.807, 2.05) is 18.7 Å². The van der Waals surface area contributed by atoms with Crippen molar-refractivity contribution in [2.24, 2.45) is 0 Å². The van der Waals surface area contributed by atoms with Crippen LogP contribution < -0.4 is 5.32 Å². The van der Waals surface area contributed by atoms with Gasteiger partial charge in [0.15, 0.2) is 0 Å².